The molecule has 2 aliphatic rings. The molecule has 382 valence electrons. The molecule has 4 aromatic heterocycles. The number of thiazole rings is 2. The summed E-state index contributed by atoms with van der Waals surface area (Å²) >= 11 is 2.53. The van der Waals surface area contributed by atoms with Crippen molar-refractivity contribution in [1.29, 1.82) is 0 Å². The Hall–Kier alpha value is -6.74. The zero-order chi connectivity index (χ0) is 52.2. The number of hydrogen-bond donors (Lipinski definition) is 6. The van der Waals surface area contributed by atoms with Crippen molar-refractivity contribution in [1.82, 2.24) is 39.5 Å². The summed E-state index contributed by atoms with van der Waals surface area (Å²) in [7, 11) is 11.4. The van der Waals surface area contributed by atoms with Gasteiger partial charge in [-0.3, -0.25) is 39.4 Å². The lowest BCUT2D eigenvalue weighted by Gasteiger charge is -2.35. The highest BCUT2D eigenvalue weighted by molar-refractivity contribution is 7.16. The van der Waals surface area contributed by atoms with E-state index >= 15 is 0 Å². The smallest absolute Gasteiger partial charge is 0.274 e. The summed E-state index contributed by atoms with van der Waals surface area (Å²) < 4.78 is 3.28. The first-order valence-corrected chi connectivity index (χ1v) is 25.8. The number of rotatable bonds is 20. The lowest BCUT2D eigenvalue weighted by Crippen LogP contribution is -2.41. The van der Waals surface area contributed by atoms with E-state index in [0.717, 1.165) is 58.0 Å². The lowest BCUT2D eigenvalue weighted by molar-refractivity contribution is -0.122. The maximum Gasteiger partial charge on any atom is 0.274 e. The molecule has 4 heterocycles. The molecule has 6 amide bonds. The predicted octanol–water partition coefficient (Wildman–Crippen LogP) is 6.73. The SMILES string of the molecule is CC(C)c1sc(NC(=O)c2cc(NC(=O)c3ccc4c(c3)CCC3=C4C=CC(C(N)=O)(c4cc(C(=O)Nc5nc(C(=O)NCCCN(C)C)c(C(C)C)s5)n(C)c4)C3)cn2C)nc1C(=O)NCCCN(C)C. The Morgan fingerprint density at radius 2 is 1.25 bits per heavy atom. The van der Waals surface area contributed by atoms with Crippen LogP contribution in [0.4, 0.5) is 16.0 Å². The van der Waals surface area contributed by atoms with Gasteiger partial charge < -0.3 is 40.6 Å². The van der Waals surface area contributed by atoms with E-state index in [1.165, 1.54) is 22.7 Å². The van der Waals surface area contributed by atoms with Crippen molar-refractivity contribution in [2.75, 3.05) is 70.3 Å². The third-order valence-electron chi connectivity index (χ3n) is 12.8. The van der Waals surface area contributed by atoms with Crippen molar-refractivity contribution < 1.29 is 28.8 Å². The van der Waals surface area contributed by atoms with Crippen molar-refractivity contribution in [3.63, 3.8) is 0 Å². The summed E-state index contributed by atoms with van der Waals surface area (Å²) in [6.45, 7) is 10.6. The molecule has 1 aromatic carbocycles. The fraction of sp³-hybridized carbons (Fsp3) is 0.423. The summed E-state index contributed by atoms with van der Waals surface area (Å²) in [6, 6.07) is 8.82. The fourth-order valence-corrected chi connectivity index (χ4v) is 10.9. The Balaban J connectivity index is 1.01. The maximum absolute atomic E-state index is 13.8. The molecule has 7 rings (SSSR count). The number of allylic oxidation sites excluding steroid dienone is 3. The summed E-state index contributed by atoms with van der Waals surface area (Å²) in [5.74, 6) is -2.31. The number of nitrogens with two attached hydrogens (primary N) is 1. The third-order valence-corrected chi connectivity index (χ3v) is 15.4. The summed E-state index contributed by atoms with van der Waals surface area (Å²) in [4.78, 5) is 95.4. The number of nitrogens with zero attached hydrogens (tertiary/aromatic N) is 6. The minimum absolute atomic E-state index is 0.00627. The number of nitrogens with one attached hydrogen (secondary N) is 5. The Kier molecular flexibility index (Phi) is 16.5. The Bertz CT molecular complexity index is 2970. The second-order valence-electron chi connectivity index (χ2n) is 19.6. The van der Waals surface area contributed by atoms with Gasteiger partial charge in [0.15, 0.2) is 10.3 Å². The largest absolute Gasteiger partial charge is 0.369 e. The summed E-state index contributed by atoms with van der Waals surface area (Å²) in [6.07, 6.45) is 10.3. The number of anilines is 3. The molecular weight excluding hydrogens is 953 g/mol. The normalized spacial score (nSPS) is 15.2. The van der Waals surface area contributed by atoms with Crippen LogP contribution in [0.15, 0.2) is 60.5 Å². The van der Waals surface area contributed by atoms with Gasteiger partial charge >= 0.3 is 0 Å². The second kappa shape index (κ2) is 22.4. The average molecular weight is 1020 g/mol. The maximum atomic E-state index is 13.8. The van der Waals surface area contributed by atoms with Crippen LogP contribution in [0.1, 0.15) is 144 Å². The quantitative estimate of drug-likeness (QED) is 0.0451. The zero-order valence-corrected chi connectivity index (χ0v) is 44.4. The predicted molar refractivity (Wildman–Crippen MR) is 284 cm³/mol. The Labute approximate surface area is 428 Å². The highest BCUT2D eigenvalue weighted by Gasteiger charge is 2.42. The van der Waals surface area contributed by atoms with Gasteiger partial charge in [-0.25, -0.2) is 9.97 Å². The molecule has 0 fully saturated rings. The van der Waals surface area contributed by atoms with Crippen LogP contribution >= 0.6 is 22.7 Å². The Morgan fingerprint density at radius 1 is 0.708 bits per heavy atom. The molecule has 0 radical (unpaired) electrons. The van der Waals surface area contributed by atoms with E-state index in [9.17, 15) is 28.8 Å². The molecule has 18 nitrogen and oxygen atoms in total. The van der Waals surface area contributed by atoms with Crippen LogP contribution in [0.25, 0.3) is 5.57 Å². The number of benzene rings is 1. The molecule has 0 aliphatic heterocycles. The van der Waals surface area contributed by atoms with Crippen LogP contribution in [0.2, 0.25) is 0 Å². The molecule has 0 saturated heterocycles. The zero-order valence-electron chi connectivity index (χ0n) is 42.7. The highest BCUT2D eigenvalue weighted by atomic mass is 32.1. The molecule has 1 atom stereocenters. The molecule has 20 heteroatoms. The number of fused-ring (bicyclic) bond motifs is 2. The first-order chi connectivity index (χ1) is 34.1. The monoisotopic (exact) mass is 1020 g/mol. The van der Waals surface area contributed by atoms with Gasteiger partial charge in [-0.15, -0.1) is 22.7 Å². The van der Waals surface area contributed by atoms with Crippen LogP contribution in [0.3, 0.4) is 0 Å². The molecule has 72 heavy (non-hydrogen) atoms. The molecule has 1 unspecified atom stereocenters. The Morgan fingerprint density at radius 3 is 1.78 bits per heavy atom. The minimum atomic E-state index is -1.22. The molecule has 7 N–H and O–H groups in total. The first kappa shape index (κ1) is 53.1. The van der Waals surface area contributed by atoms with Gasteiger partial charge in [-0.2, -0.15) is 0 Å². The van der Waals surface area contributed by atoms with Crippen LogP contribution < -0.4 is 32.3 Å². The molecule has 0 bridgehead atoms. The number of aryl methyl sites for hydroxylation is 3. The first-order valence-electron chi connectivity index (χ1n) is 24.1. The summed E-state index contributed by atoms with van der Waals surface area (Å²) in [5, 5.41) is 15.1. The van der Waals surface area contributed by atoms with E-state index in [1.54, 1.807) is 53.8 Å². The van der Waals surface area contributed by atoms with E-state index in [1.807, 2.05) is 80.2 Å². The number of aromatic nitrogens is 4. The summed E-state index contributed by atoms with van der Waals surface area (Å²) in [5.41, 5.74) is 11.6. The standard InChI is InChI=1S/C52H66N12O6S2/c1-29(2)42-40(47(68)54-19-11-21-61(5)6)57-50(71-42)59-45(66)38-24-34(27-63(38)9)52(49(53)70)18-17-37-33(26-52)14-13-31-23-32(15-16-36(31)37)44(65)56-35-25-39(64(10)28-35)46(67)60-51-58-41(43(72-51)30(3)4)48(69)55-20-12-22-62(7)8/h15-18,23-25,27-30H,11-14,19-22,26H2,1-10H3,(H2,53,70)(H,54,68)(H,55,69)(H,56,65)(H,57,59,66)(H,58,60,67). The van der Waals surface area contributed by atoms with E-state index in [0.29, 0.717) is 76.5 Å². The molecule has 5 aromatic rings. The van der Waals surface area contributed by atoms with Gasteiger partial charge in [0.2, 0.25) is 5.91 Å². The number of carbonyl (C=O) groups excluding carboxylic acids is 6. The van der Waals surface area contributed by atoms with E-state index in [2.05, 4.69) is 46.4 Å². The van der Waals surface area contributed by atoms with Crippen molar-refractivity contribution in [3.8, 4) is 0 Å². The van der Waals surface area contributed by atoms with Crippen molar-refractivity contribution in [2.24, 2.45) is 19.8 Å². The van der Waals surface area contributed by atoms with Gasteiger partial charge in [0.1, 0.15) is 22.8 Å². The number of primary amides is 1. The van der Waals surface area contributed by atoms with Gasteiger partial charge in [-0.1, -0.05) is 51.5 Å². The van der Waals surface area contributed by atoms with Crippen molar-refractivity contribution in [2.45, 2.75) is 77.0 Å². The van der Waals surface area contributed by atoms with Crippen LogP contribution in [0, 0.1) is 0 Å². The molecule has 0 saturated carbocycles. The number of hydrogen-bond acceptors (Lipinski definition) is 12. The van der Waals surface area contributed by atoms with Crippen molar-refractivity contribution >= 4 is 79.6 Å². The van der Waals surface area contributed by atoms with Crippen LogP contribution in [0.5, 0.6) is 0 Å². The molecule has 2 aliphatic carbocycles. The fourth-order valence-electron chi connectivity index (χ4n) is 9.00. The average Bonchev–Trinajstić information content (AvgIpc) is 4.13. The lowest BCUT2D eigenvalue weighted by atomic mass is 9.68. The topological polar surface area (TPSA) is 231 Å². The van der Waals surface area contributed by atoms with Gasteiger partial charge in [0, 0.05) is 54.9 Å². The van der Waals surface area contributed by atoms with Crippen LogP contribution in [-0.4, -0.2) is 119 Å². The highest BCUT2D eigenvalue weighted by Crippen LogP contribution is 2.45. The number of carbonyl (C=O) groups is 6. The third kappa shape index (κ3) is 11.8. The van der Waals surface area contributed by atoms with Gasteiger partial charge in [0.05, 0.1) is 11.1 Å². The molecular formula is C52H66N12O6S2. The minimum Gasteiger partial charge on any atom is -0.369 e. The van der Waals surface area contributed by atoms with Crippen LogP contribution in [-0.2, 0) is 30.7 Å². The van der Waals surface area contributed by atoms with Gasteiger partial charge in [0.25, 0.3) is 29.5 Å². The van der Waals surface area contributed by atoms with Crippen molar-refractivity contribution in [3.05, 3.63) is 115 Å². The van der Waals surface area contributed by atoms with E-state index in [4.69, 9.17) is 5.73 Å². The van der Waals surface area contributed by atoms with E-state index < -0.39 is 23.1 Å². The van der Waals surface area contributed by atoms with E-state index in [-0.39, 0.29) is 35.3 Å². The number of amides is 6. The molecule has 0 spiro atoms. The second-order valence-corrected chi connectivity index (χ2v) is 21.7. The van der Waals surface area contributed by atoms with Gasteiger partial charge in [-0.05, 0) is 132 Å².